The van der Waals surface area contributed by atoms with Gasteiger partial charge in [-0.2, -0.15) is 0 Å². The van der Waals surface area contributed by atoms with Crippen LogP contribution in [0.1, 0.15) is 34.1 Å². The molecule has 1 aliphatic heterocycles. The van der Waals surface area contributed by atoms with Crippen LogP contribution in [0.2, 0.25) is 0 Å². The molecular weight excluding hydrogens is 368 g/mol. The van der Waals surface area contributed by atoms with Crippen LogP contribution in [0.3, 0.4) is 0 Å². The first kappa shape index (κ1) is 19.2. The molecule has 0 bridgehead atoms. The number of nitrogens with zero attached hydrogens (tertiary/aromatic N) is 2. The molecule has 0 fully saturated rings. The van der Waals surface area contributed by atoms with E-state index in [9.17, 15) is 9.59 Å². The highest BCUT2D eigenvalue weighted by molar-refractivity contribution is 5.99. The standard InChI is InChI=1S/C23H24N2O4/c1-24(2)12-7-13-25-20(15-8-6-9-16(14-15)28-3)19-21(26)17-10-4-5-11-18(17)29-22(19)23(25)27/h4-6,8-11,14,20H,7,12-13H2,1-3H3/t20-/m1/s1. The molecule has 0 saturated heterocycles. The van der Waals surface area contributed by atoms with Gasteiger partial charge in [-0.25, -0.2) is 0 Å². The van der Waals surface area contributed by atoms with Crippen molar-refractivity contribution in [1.29, 1.82) is 0 Å². The number of hydrogen-bond acceptors (Lipinski definition) is 5. The fourth-order valence-electron chi connectivity index (χ4n) is 3.91. The molecule has 29 heavy (non-hydrogen) atoms. The second kappa shape index (κ2) is 7.72. The van der Waals surface area contributed by atoms with Gasteiger partial charge >= 0.3 is 0 Å². The maximum atomic E-state index is 13.4. The van der Waals surface area contributed by atoms with Gasteiger partial charge < -0.3 is 19.0 Å². The SMILES string of the molecule is COc1cccc([C@@H]2c3c(oc4ccccc4c3=O)C(=O)N2CCCN(C)C)c1. The molecule has 6 nitrogen and oxygen atoms in total. The number of fused-ring (bicyclic) bond motifs is 2. The minimum absolute atomic E-state index is 0.145. The van der Waals surface area contributed by atoms with Crippen LogP contribution in [0, 0.1) is 0 Å². The molecule has 2 aromatic carbocycles. The van der Waals surface area contributed by atoms with Crippen molar-refractivity contribution in [2.24, 2.45) is 0 Å². The van der Waals surface area contributed by atoms with Gasteiger partial charge in [-0.05, 0) is 56.9 Å². The number of benzene rings is 2. The molecule has 0 unspecified atom stereocenters. The molecular formula is C23H24N2O4. The van der Waals surface area contributed by atoms with Gasteiger partial charge in [0.2, 0.25) is 5.76 Å². The lowest BCUT2D eigenvalue weighted by atomic mass is 9.98. The summed E-state index contributed by atoms with van der Waals surface area (Å²) < 4.78 is 11.3. The highest BCUT2D eigenvalue weighted by atomic mass is 16.5. The van der Waals surface area contributed by atoms with Crippen molar-refractivity contribution in [3.05, 3.63) is 75.6 Å². The van der Waals surface area contributed by atoms with E-state index in [1.54, 1.807) is 36.3 Å². The van der Waals surface area contributed by atoms with Crippen molar-refractivity contribution in [1.82, 2.24) is 9.80 Å². The molecule has 0 N–H and O–H groups in total. The summed E-state index contributed by atoms with van der Waals surface area (Å²) >= 11 is 0. The Morgan fingerprint density at radius 2 is 1.90 bits per heavy atom. The Balaban J connectivity index is 1.87. The number of para-hydroxylation sites is 1. The van der Waals surface area contributed by atoms with Crippen LogP contribution in [0.5, 0.6) is 5.75 Å². The summed E-state index contributed by atoms with van der Waals surface area (Å²) in [5, 5.41) is 0.488. The highest BCUT2D eigenvalue weighted by Gasteiger charge is 2.42. The Bertz CT molecular complexity index is 1120. The maximum absolute atomic E-state index is 13.4. The summed E-state index contributed by atoms with van der Waals surface area (Å²) in [6.45, 7) is 1.37. The minimum atomic E-state index is -0.490. The number of hydrogen-bond donors (Lipinski definition) is 0. The fraction of sp³-hybridized carbons (Fsp3) is 0.304. The summed E-state index contributed by atoms with van der Waals surface area (Å²) in [5.41, 5.74) is 1.53. The molecule has 1 aromatic heterocycles. The summed E-state index contributed by atoms with van der Waals surface area (Å²) in [4.78, 5) is 30.4. The van der Waals surface area contributed by atoms with Crippen LogP contribution < -0.4 is 10.2 Å². The Morgan fingerprint density at radius 3 is 2.66 bits per heavy atom. The van der Waals surface area contributed by atoms with E-state index in [1.807, 2.05) is 38.4 Å². The number of carbonyl (C=O) groups is 1. The zero-order valence-corrected chi connectivity index (χ0v) is 16.8. The van der Waals surface area contributed by atoms with E-state index >= 15 is 0 Å². The quantitative estimate of drug-likeness (QED) is 0.644. The summed E-state index contributed by atoms with van der Waals surface area (Å²) in [7, 11) is 5.60. The fourth-order valence-corrected chi connectivity index (χ4v) is 3.91. The zero-order valence-electron chi connectivity index (χ0n) is 16.8. The van der Waals surface area contributed by atoms with Crippen LogP contribution in [-0.4, -0.2) is 50.0 Å². The van der Waals surface area contributed by atoms with Crippen molar-refractivity contribution in [3.63, 3.8) is 0 Å². The van der Waals surface area contributed by atoms with E-state index in [1.165, 1.54) is 0 Å². The number of amides is 1. The van der Waals surface area contributed by atoms with Crippen LogP contribution in [0.15, 0.2) is 57.7 Å². The number of ether oxygens (including phenoxy) is 1. The van der Waals surface area contributed by atoms with Gasteiger partial charge in [0.05, 0.1) is 24.1 Å². The summed E-state index contributed by atoms with van der Waals surface area (Å²) in [6.07, 6.45) is 0.793. The van der Waals surface area contributed by atoms with Gasteiger partial charge in [-0.15, -0.1) is 0 Å². The van der Waals surface area contributed by atoms with Crippen molar-refractivity contribution in [2.45, 2.75) is 12.5 Å². The van der Waals surface area contributed by atoms with Crippen LogP contribution in [0.25, 0.3) is 11.0 Å². The Morgan fingerprint density at radius 1 is 1.10 bits per heavy atom. The van der Waals surface area contributed by atoms with Crippen molar-refractivity contribution in [2.75, 3.05) is 34.3 Å². The lowest BCUT2D eigenvalue weighted by Gasteiger charge is -2.26. The van der Waals surface area contributed by atoms with Gasteiger partial charge in [0.15, 0.2) is 5.43 Å². The largest absolute Gasteiger partial charge is 0.497 e. The average molecular weight is 392 g/mol. The second-order valence-electron chi connectivity index (χ2n) is 7.50. The van der Waals surface area contributed by atoms with Gasteiger partial charge in [0.25, 0.3) is 5.91 Å². The van der Waals surface area contributed by atoms with Crippen LogP contribution >= 0.6 is 0 Å². The predicted molar refractivity (Wildman–Crippen MR) is 112 cm³/mol. The molecule has 3 aromatic rings. The average Bonchev–Trinajstić information content (AvgIpc) is 3.00. The monoisotopic (exact) mass is 392 g/mol. The third-order valence-electron chi connectivity index (χ3n) is 5.29. The molecule has 0 spiro atoms. The molecule has 150 valence electrons. The van der Waals surface area contributed by atoms with E-state index in [2.05, 4.69) is 4.90 Å². The lowest BCUT2D eigenvalue weighted by molar-refractivity contribution is 0.0722. The third kappa shape index (κ3) is 3.40. The van der Waals surface area contributed by atoms with Crippen LogP contribution in [0.4, 0.5) is 0 Å². The van der Waals surface area contributed by atoms with Crippen LogP contribution in [-0.2, 0) is 0 Å². The van der Waals surface area contributed by atoms with Gasteiger partial charge in [-0.3, -0.25) is 9.59 Å². The highest BCUT2D eigenvalue weighted by Crippen LogP contribution is 2.39. The first-order valence-electron chi connectivity index (χ1n) is 9.66. The van der Waals surface area contributed by atoms with E-state index in [0.717, 1.165) is 18.5 Å². The maximum Gasteiger partial charge on any atom is 0.290 e. The minimum Gasteiger partial charge on any atom is -0.497 e. The van der Waals surface area contributed by atoms with E-state index in [4.69, 9.17) is 9.15 Å². The zero-order chi connectivity index (χ0) is 20.5. The van der Waals surface area contributed by atoms with Gasteiger partial charge in [0, 0.05) is 6.54 Å². The molecule has 1 atom stereocenters. The molecule has 0 aliphatic carbocycles. The molecule has 1 aliphatic rings. The summed E-state index contributed by atoms with van der Waals surface area (Å²) in [6, 6.07) is 14.1. The Hall–Kier alpha value is -3.12. The van der Waals surface area contributed by atoms with Crippen molar-refractivity contribution >= 4 is 16.9 Å². The number of rotatable bonds is 6. The second-order valence-corrected chi connectivity index (χ2v) is 7.50. The Kier molecular flexibility index (Phi) is 5.11. The van der Waals surface area contributed by atoms with Gasteiger partial charge in [0.1, 0.15) is 11.3 Å². The summed E-state index contributed by atoms with van der Waals surface area (Å²) in [5.74, 6) is 0.586. The van der Waals surface area contributed by atoms with Gasteiger partial charge in [-0.1, -0.05) is 24.3 Å². The predicted octanol–water partition coefficient (Wildman–Crippen LogP) is 3.30. The first-order valence-corrected chi connectivity index (χ1v) is 9.66. The number of carbonyl (C=O) groups excluding carboxylic acids is 1. The normalized spacial score (nSPS) is 15.9. The topological polar surface area (TPSA) is 63.0 Å². The molecule has 0 radical (unpaired) electrons. The molecule has 6 heteroatoms. The van der Waals surface area contributed by atoms with E-state index in [0.29, 0.717) is 28.8 Å². The molecule has 0 saturated carbocycles. The van der Waals surface area contributed by atoms with Crippen molar-refractivity contribution < 1.29 is 13.9 Å². The molecule has 1 amide bonds. The molecule has 4 rings (SSSR count). The van der Waals surface area contributed by atoms with E-state index < -0.39 is 6.04 Å². The Labute approximate surface area is 169 Å². The first-order chi connectivity index (χ1) is 14.0. The molecule has 2 heterocycles. The lowest BCUT2D eigenvalue weighted by Crippen LogP contribution is -2.32. The number of methoxy groups -OCH3 is 1. The third-order valence-corrected chi connectivity index (χ3v) is 5.29. The van der Waals surface area contributed by atoms with Crippen molar-refractivity contribution in [3.8, 4) is 5.75 Å². The van der Waals surface area contributed by atoms with E-state index in [-0.39, 0.29) is 17.1 Å². The smallest absolute Gasteiger partial charge is 0.290 e.